The van der Waals surface area contributed by atoms with Crippen LogP contribution in [-0.2, 0) is 9.59 Å². The van der Waals surface area contributed by atoms with Gasteiger partial charge in [-0.1, -0.05) is 24.3 Å². The molecule has 2 heterocycles. The average Bonchev–Trinajstić information content (AvgIpc) is 3.27. The molecule has 4 rings (SSSR count). The predicted molar refractivity (Wildman–Crippen MR) is 114 cm³/mol. The van der Waals surface area contributed by atoms with Gasteiger partial charge in [0.25, 0.3) is 5.91 Å². The number of fused-ring (bicyclic) bond motifs is 1. The summed E-state index contributed by atoms with van der Waals surface area (Å²) in [4.78, 5) is 37.8. The number of nitrogens with two attached hydrogens (primary N) is 1. The average molecular weight is 422 g/mol. The van der Waals surface area contributed by atoms with Gasteiger partial charge in [-0.3, -0.25) is 9.59 Å². The fourth-order valence-electron chi connectivity index (χ4n) is 3.80. The van der Waals surface area contributed by atoms with Gasteiger partial charge in [-0.15, -0.1) is 0 Å². The molecule has 1 fully saturated rings. The van der Waals surface area contributed by atoms with Gasteiger partial charge in [0.1, 0.15) is 11.8 Å². The first-order valence-electron chi connectivity index (χ1n) is 9.91. The number of primary amides is 1. The smallest absolute Gasteiger partial charge is 0.344 e. The molecule has 160 valence electrons. The molecule has 2 aromatic carbocycles. The molecule has 0 spiro atoms. The molecule has 1 aliphatic rings. The SMILES string of the molecule is COc1cccc2cc(-c3ccc(OCC(=O)N4CCCC4C(N)=O)cc3)c(=O)oc12. The van der Waals surface area contributed by atoms with Crippen LogP contribution in [0.15, 0.2) is 57.7 Å². The van der Waals surface area contributed by atoms with Gasteiger partial charge in [-0.25, -0.2) is 4.79 Å². The molecule has 2 amide bonds. The maximum Gasteiger partial charge on any atom is 0.344 e. The number of nitrogens with zero attached hydrogens (tertiary/aromatic N) is 1. The van der Waals surface area contributed by atoms with Gasteiger partial charge in [-0.05, 0) is 42.7 Å². The summed E-state index contributed by atoms with van der Waals surface area (Å²) in [5, 5.41) is 0.745. The van der Waals surface area contributed by atoms with E-state index in [-0.39, 0.29) is 12.5 Å². The third-order valence-electron chi connectivity index (χ3n) is 5.37. The van der Waals surface area contributed by atoms with E-state index >= 15 is 0 Å². The van der Waals surface area contributed by atoms with Gasteiger partial charge in [0, 0.05) is 11.9 Å². The van der Waals surface area contributed by atoms with Crippen LogP contribution in [0.3, 0.4) is 0 Å². The highest BCUT2D eigenvalue weighted by Gasteiger charge is 2.32. The molecule has 0 radical (unpaired) electrons. The standard InChI is InChI=1S/C23H22N2O6/c1-29-19-6-2-4-15-12-17(23(28)31-21(15)19)14-7-9-16(10-8-14)30-13-20(26)25-11-3-5-18(25)22(24)27/h2,4,6-10,12,18H,3,5,11,13H2,1H3,(H2,24,27). The highest BCUT2D eigenvalue weighted by molar-refractivity contribution is 5.88. The van der Waals surface area contributed by atoms with E-state index in [9.17, 15) is 14.4 Å². The zero-order chi connectivity index (χ0) is 22.0. The van der Waals surface area contributed by atoms with Crippen LogP contribution in [0, 0.1) is 0 Å². The number of amides is 2. The van der Waals surface area contributed by atoms with Crippen molar-refractivity contribution < 1.29 is 23.5 Å². The van der Waals surface area contributed by atoms with E-state index in [1.165, 1.54) is 12.0 Å². The molecule has 0 saturated carbocycles. The Bertz CT molecular complexity index is 1180. The minimum atomic E-state index is -0.566. The summed E-state index contributed by atoms with van der Waals surface area (Å²) in [5.41, 5.74) is 6.34. The lowest BCUT2D eigenvalue weighted by atomic mass is 10.1. The van der Waals surface area contributed by atoms with Crippen LogP contribution in [0.2, 0.25) is 0 Å². The molecule has 1 aromatic heterocycles. The van der Waals surface area contributed by atoms with E-state index in [0.717, 1.165) is 11.8 Å². The number of para-hydroxylation sites is 1. The number of carbonyl (C=O) groups is 2. The monoisotopic (exact) mass is 422 g/mol. The summed E-state index contributed by atoms with van der Waals surface area (Å²) in [5.74, 6) is 0.182. The van der Waals surface area contributed by atoms with Gasteiger partial charge < -0.3 is 24.5 Å². The molecule has 2 N–H and O–H groups in total. The van der Waals surface area contributed by atoms with Crippen molar-refractivity contribution in [2.45, 2.75) is 18.9 Å². The van der Waals surface area contributed by atoms with Gasteiger partial charge in [0.05, 0.1) is 12.7 Å². The number of ether oxygens (including phenoxy) is 2. The lowest BCUT2D eigenvalue weighted by molar-refractivity contribution is -0.138. The van der Waals surface area contributed by atoms with E-state index < -0.39 is 17.6 Å². The fourth-order valence-corrected chi connectivity index (χ4v) is 3.80. The van der Waals surface area contributed by atoms with Crippen LogP contribution in [0.4, 0.5) is 0 Å². The van der Waals surface area contributed by atoms with Crippen molar-refractivity contribution in [3.05, 3.63) is 59.0 Å². The normalized spacial score (nSPS) is 15.8. The molecule has 1 unspecified atom stereocenters. The molecular weight excluding hydrogens is 400 g/mol. The Balaban J connectivity index is 1.48. The number of hydrogen-bond acceptors (Lipinski definition) is 6. The van der Waals surface area contributed by atoms with Crippen molar-refractivity contribution in [3.8, 4) is 22.6 Å². The van der Waals surface area contributed by atoms with Crippen LogP contribution in [0.1, 0.15) is 12.8 Å². The summed E-state index contributed by atoms with van der Waals surface area (Å²) in [6.07, 6.45) is 1.32. The zero-order valence-electron chi connectivity index (χ0n) is 17.0. The van der Waals surface area contributed by atoms with Crippen LogP contribution < -0.4 is 20.8 Å². The highest BCUT2D eigenvalue weighted by atomic mass is 16.5. The molecule has 0 aliphatic carbocycles. The Kier molecular flexibility index (Phi) is 5.62. The highest BCUT2D eigenvalue weighted by Crippen LogP contribution is 2.28. The van der Waals surface area contributed by atoms with Crippen molar-refractivity contribution in [1.82, 2.24) is 4.90 Å². The number of carbonyl (C=O) groups excluding carboxylic acids is 2. The second kappa shape index (κ2) is 8.51. The van der Waals surface area contributed by atoms with E-state index in [1.807, 2.05) is 12.1 Å². The van der Waals surface area contributed by atoms with Gasteiger partial charge in [0.2, 0.25) is 5.91 Å². The molecule has 31 heavy (non-hydrogen) atoms. The number of hydrogen-bond donors (Lipinski definition) is 1. The summed E-state index contributed by atoms with van der Waals surface area (Å²) < 4.78 is 16.3. The van der Waals surface area contributed by atoms with E-state index in [0.29, 0.717) is 41.2 Å². The van der Waals surface area contributed by atoms with E-state index in [4.69, 9.17) is 19.6 Å². The second-order valence-corrected chi connectivity index (χ2v) is 7.29. The number of likely N-dealkylation sites (tertiary alicyclic amines) is 1. The van der Waals surface area contributed by atoms with Gasteiger partial charge >= 0.3 is 5.63 Å². The molecule has 1 saturated heterocycles. The van der Waals surface area contributed by atoms with Crippen LogP contribution in [0.5, 0.6) is 11.5 Å². The maximum absolute atomic E-state index is 12.5. The topological polar surface area (TPSA) is 112 Å². The van der Waals surface area contributed by atoms with Gasteiger partial charge in [-0.2, -0.15) is 0 Å². The number of benzene rings is 2. The quantitative estimate of drug-likeness (QED) is 0.610. The van der Waals surface area contributed by atoms with Crippen molar-refractivity contribution in [1.29, 1.82) is 0 Å². The zero-order valence-corrected chi connectivity index (χ0v) is 17.0. The van der Waals surface area contributed by atoms with E-state index in [1.54, 1.807) is 36.4 Å². The summed E-state index contributed by atoms with van der Waals surface area (Å²) in [6.45, 7) is 0.304. The summed E-state index contributed by atoms with van der Waals surface area (Å²) in [6, 6.07) is 13.4. The Morgan fingerprint density at radius 1 is 1.19 bits per heavy atom. The largest absolute Gasteiger partial charge is 0.493 e. The fraction of sp³-hybridized carbons (Fsp3) is 0.261. The molecule has 1 aliphatic heterocycles. The third-order valence-corrected chi connectivity index (χ3v) is 5.37. The molecular formula is C23H22N2O6. The minimum Gasteiger partial charge on any atom is -0.493 e. The second-order valence-electron chi connectivity index (χ2n) is 7.29. The van der Waals surface area contributed by atoms with Crippen LogP contribution >= 0.6 is 0 Å². The lowest BCUT2D eigenvalue weighted by Gasteiger charge is -2.22. The molecule has 8 nitrogen and oxygen atoms in total. The lowest BCUT2D eigenvalue weighted by Crippen LogP contribution is -2.45. The molecule has 3 aromatic rings. The summed E-state index contributed by atoms with van der Waals surface area (Å²) >= 11 is 0. The Morgan fingerprint density at radius 2 is 1.97 bits per heavy atom. The Hall–Kier alpha value is -3.81. The third kappa shape index (κ3) is 4.09. The summed E-state index contributed by atoms with van der Waals surface area (Å²) in [7, 11) is 1.52. The molecule has 0 bridgehead atoms. The maximum atomic E-state index is 12.5. The van der Waals surface area contributed by atoms with Crippen LogP contribution in [0.25, 0.3) is 22.1 Å². The molecule has 1 atom stereocenters. The van der Waals surface area contributed by atoms with Crippen molar-refractivity contribution in [3.63, 3.8) is 0 Å². The van der Waals surface area contributed by atoms with Crippen LogP contribution in [-0.4, -0.2) is 43.0 Å². The minimum absolute atomic E-state index is 0.193. The number of methoxy groups -OCH3 is 1. The Morgan fingerprint density at radius 3 is 2.68 bits per heavy atom. The molecule has 8 heteroatoms. The first-order chi connectivity index (χ1) is 15.0. The first kappa shape index (κ1) is 20.5. The van der Waals surface area contributed by atoms with E-state index in [2.05, 4.69) is 0 Å². The first-order valence-corrected chi connectivity index (χ1v) is 9.91. The Labute approximate surface area is 178 Å². The van der Waals surface area contributed by atoms with Crippen molar-refractivity contribution in [2.24, 2.45) is 5.73 Å². The van der Waals surface area contributed by atoms with Crippen molar-refractivity contribution in [2.75, 3.05) is 20.3 Å². The van der Waals surface area contributed by atoms with Gasteiger partial charge in [0.15, 0.2) is 17.9 Å². The number of rotatable bonds is 6. The predicted octanol–water partition coefficient (Wildman–Crippen LogP) is 2.32. The van der Waals surface area contributed by atoms with Crippen molar-refractivity contribution >= 4 is 22.8 Å².